The molecule has 1 aliphatic rings. The van der Waals surface area contributed by atoms with E-state index in [1.807, 2.05) is 18.2 Å². The van der Waals surface area contributed by atoms with E-state index in [0.29, 0.717) is 19.4 Å². The van der Waals surface area contributed by atoms with Gasteiger partial charge in [-0.1, -0.05) is 12.1 Å². The Kier molecular flexibility index (Phi) is 4.20. The molecule has 0 radical (unpaired) electrons. The fourth-order valence-corrected chi connectivity index (χ4v) is 2.13. The van der Waals surface area contributed by atoms with Gasteiger partial charge in [-0.05, 0) is 43.4 Å². The van der Waals surface area contributed by atoms with Crippen molar-refractivity contribution in [1.82, 2.24) is 0 Å². The van der Waals surface area contributed by atoms with Crippen LogP contribution < -0.4 is 4.74 Å². The van der Waals surface area contributed by atoms with Crippen LogP contribution in [0.3, 0.4) is 0 Å². The molecule has 98 valence electrons. The van der Waals surface area contributed by atoms with E-state index in [-0.39, 0.29) is 12.6 Å². The van der Waals surface area contributed by atoms with Gasteiger partial charge in [0.15, 0.2) is 6.10 Å². The first-order valence-electron chi connectivity index (χ1n) is 6.30. The highest BCUT2D eigenvalue weighted by molar-refractivity contribution is 5.75. The van der Waals surface area contributed by atoms with Gasteiger partial charge in [0.1, 0.15) is 5.75 Å². The summed E-state index contributed by atoms with van der Waals surface area (Å²) in [6, 6.07) is 5.82. The molecule has 1 aromatic rings. The number of esters is 1. The summed E-state index contributed by atoms with van der Waals surface area (Å²) in [6.07, 6.45) is 1.61. The number of fused-ring (bicyclic) bond motifs is 1. The van der Waals surface area contributed by atoms with Crippen LogP contribution in [0.4, 0.5) is 0 Å². The number of rotatable bonds is 4. The first kappa shape index (κ1) is 12.9. The summed E-state index contributed by atoms with van der Waals surface area (Å²) in [5.74, 6) is 0.462. The zero-order valence-corrected chi connectivity index (χ0v) is 10.5. The number of ether oxygens (including phenoxy) is 2. The highest BCUT2D eigenvalue weighted by Crippen LogP contribution is 2.29. The minimum atomic E-state index is -0.485. The predicted molar refractivity (Wildman–Crippen MR) is 66.6 cm³/mol. The molecule has 1 N–H and O–H groups in total. The van der Waals surface area contributed by atoms with Gasteiger partial charge in [-0.2, -0.15) is 0 Å². The lowest BCUT2D eigenvalue weighted by atomic mass is 9.99. The molecule has 0 spiro atoms. The van der Waals surface area contributed by atoms with Crippen LogP contribution in [0.1, 0.15) is 24.5 Å². The van der Waals surface area contributed by atoms with Crippen molar-refractivity contribution in [2.75, 3.05) is 13.2 Å². The molecular weight excluding hydrogens is 232 g/mol. The summed E-state index contributed by atoms with van der Waals surface area (Å²) in [7, 11) is 0. The largest absolute Gasteiger partial charge is 0.478 e. The van der Waals surface area contributed by atoms with E-state index in [1.54, 1.807) is 6.92 Å². The number of aliphatic hydroxyl groups is 1. The molecule has 1 unspecified atom stereocenters. The summed E-state index contributed by atoms with van der Waals surface area (Å²) in [6.45, 7) is 2.31. The Balaban J connectivity index is 2.08. The molecule has 0 aliphatic carbocycles. The van der Waals surface area contributed by atoms with Gasteiger partial charge in [0, 0.05) is 6.61 Å². The van der Waals surface area contributed by atoms with Crippen molar-refractivity contribution < 1.29 is 19.4 Å². The van der Waals surface area contributed by atoms with Crippen molar-refractivity contribution in [3.63, 3.8) is 0 Å². The zero-order valence-electron chi connectivity index (χ0n) is 10.5. The number of hydrogen-bond acceptors (Lipinski definition) is 4. The molecule has 1 aliphatic heterocycles. The van der Waals surface area contributed by atoms with Crippen LogP contribution in [-0.4, -0.2) is 30.4 Å². The predicted octanol–water partition coefficient (Wildman–Crippen LogP) is 1.48. The zero-order chi connectivity index (χ0) is 13.0. The SMILES string of the molecule is CCOC(=O)C1CCc2cc(CCO)ccc2O1. The maximum Gasteiger partial charge on any atom is 0.347 e. The fourth-order valence-electron chi connectivity index (χ4n) is 2.13. The maximum absolute atomic E-state index is 11.6. The Hall–Kier alpha value is -1.55. The molecule has 2 rings (SSSR count). The molecule has 0 amide bonds. The van der Waals surface area contributed by atoms with Crippen LogP contribution in [-0.2, 0) is 22.4 Å². The molecule has 4 heteroatoms. The van der Waals surface area contributed by atoms with Crippen LogP contribution >= 0.6 is 0 Å². The van der Waals surface area contributed by atoms with Crippen LogP contribution in [0, 0.1) is 0 Å². The summed E-state index contributed by atoms with van der Waals surface area (Å²) < 4.78 is 10.6. The highest BCUT2D eigenvalue weighted by Gasteiger charge is 2.27. The highest BCUT2D eigenvalue weighted by atomic mass is 16.6. The Morgan fingerprint density at radius 2 is 2.39 bits per heavy atom. The second-order valence-corrected chi connectivity index (χ2v) is 4.31. The fraction of sp³-hybridized carbons (Fsp3) is 0.500. The summed E-state index contributed by atoms with van der Waals surface area (Å²) in [5.41, 5.74) is 2.19. The number of hydrogen-bond donors (Lipinski definition) is 1. The second kappa shape index (κ2) is 5.87. The molecular formula is C14H18O4. The van der Waals surface area contributed by atoms with Crippen molar-refractivity contribution >= 4 is 5.97 Å². The first-order chi connectivity index (χ1) is 8.74. The topological polar surface area (TPSA) is 55.8 Å². The smallest absolute Gasteiger partial charge is 0.347 e. The first-order valence-corrected chi connectivity index (χ1v) is 6.30. The summed E-state index contributed by atoms with van der Waals surface area (Å²) >= 11 is 0. The summed E-state index contributed by atoms with van der Waals surface area (Å²) in [4.78, 5) is 11.6. The lowest BCUT2D eigenvalue weighted by molar-refractivity contribution is -0.152. The monoisotopic (exact) mass is 250 g/mol. The number of carbonyl (C=O) groups is 1. The second-order valence-electron chi connectivity index (χ2n) is 4.31. The Labute approximate surface area is 107 Å². The number of aliphatic hydroxyl groups excluding tert-OH is 1. The van der Waals surface area contributed by atoms with E-state index in [9.17, 15) is 4.79 Å². The van der Waals surface area contributed by atoms with Gasteiger partial charge in [0.05, 0.1) is 6.61 Å². The third-order valence-electron chi connectivity index (χ3n) is 3.02. The maximum atomic E-state index is 11.6. The molecule has 1 atom stereocenters. The van der Waals surface area contributed by atoms with Crippen LogP contribution in [0.15, 0.2) is 18.2 Å². The van der Waals surface area contributed by atoms with E-state index in [1.165, 1.54) is 0 Å². The van der Waals surface area contributed by atoms with Crippen molar-refractivity contribution in [3.05, 3.63) is 29.3 Å². The lowest BCUT2D eigenvalue weighted by Crippen LogP contribution is -2.32. The lowest BCUT2D eigenvalue weighted by Gasteiger charge is -2.24. The molecule has 4 nitrogen and oxygen atoms in total. The van der Waals surface area contributed by atoms with Crippen molar-refractivity contribution in [2.45, 2.75) is 32.3 Å². The van der Waals surface area contributed by atoms with Crippen molar-refractivity contribution in [3.8, 4) is 5.75 Å². The molecule has 0 bridgehead atoms. The van der Waals surface area contributed by atoms with Crippen LogP contribution in [0.2, 0.25) is 0 Å². The van der Waals surface area contributed by atoms with E-state index >= 15 is 0 Å². The number of carbonyl (C=O) groups excluding carboxylic acids is 1. The van der Waals surface area contributed by atoms with Crippen molar-refractivity contribution in [2.24, 2.45) is 0 Å². The number of aryl methyl sites for hydroxylation is 1. The van der Waals surface area contributed by atoms with Crippen LogP contribution in [0.5, 0.6) is 5.75 Å². The molecule has 0 saturated heterocycles. The minimum absolute atomic E-state index is 0.144. The Morgan fingerprint density at radius 3 is 3.11 bits per heavy atom. The van der Waals surface area contributed by atoms with E-state index in [4.69, 9.17) is 14.6 Å². The van der Waals surface area contributed by atoms with Gasteiger partial charge in [-0.15, -0.1) is 0 Å². The van der Waals surface area contributed by atoms with Gasteiger partial charge >= 0.3 is 5.97 Å². The molecule has 0 fully saturated rings. The standard InChI is InChI=1S/C14H18O4/c1-2-17-14(16)13-6-4-11-9-10(7-8-15)3-5-12(11)18-13/h3,5,9,13,15H,2,4,6-8H2,1H3. The normalized spacial score (nSPS) is 17.8. The average Bonchev–Trinajstić information content (AvgIpc) is 2.39. The average molecular weight is 250 g/mol. The molecule has 0 saturated carbocycles. The van der Waals surface area contributed by atoms with E-state index < -0.39 is 6.10 Å². The van der Waals surface area contributed by atoms with Gasteiger partial charge in [0.25, 0.3) is 0 Å². The molecule has 18 heavy (non-hydrogen) atoms. The van der Waals surface area contributed by atoms with Gasteiger partial charge in [0.2, 0.25) is 0 Å². The summed E-state index contributed by atoms with van der Waals surface area (Å²) in [5, 5.41) is 8.91. The molecule has 0 aromatic heterocycles. The molecule has 1 aromatic carbocycles. The third-order valence-corrected chi connectivity index (χ3v) is 3.02. The molecule has 1 heterocycles. The van der Waals surface area contributed by atoms with Gasteiger partial charge in [-0.25, -0.2) is 4.79 Å². The quantitative estimate of drug-likeness (QED) is 0.822. The van der Waals surface area contributed by atoms with E-state index in [0.717, 1.165) is 23.3 Å². The van der Waals surface area contributed by atoms with Gasteiger partial charge in [-0.3, -0.25) is 0 Å². The Bertz CT molecular complexity index is 428. The number of benzene rings is 1. The Morgan fingerprint density at radius 1 is 1.56 bits per heavy atom. The van der Waals surface area contributed by atoms with Gasteiger partial charge < -0.3 is 14.6 Å². The third kappa shape index (κ3) is 2.82. The minimum Gasteiger partial charge on any atom is -0.478 e. The van der Waals surface area contributed by atoms with Crippen LogP contribution in [0.25, 0.3) is 0 Å². The van der Waals surface area contributed by atoms with E-state index in [2.05, 4.69) is 0 Å². The van der Waals surface area contributed by atoms with Crippen molar-refractivity contribution in [1.29, 1.82) is 0 Å².